The number of nitriles is 1. The van der Waals surface area contributed by atoms with Gasteiger partial charge in [-0.1, -0.05) is 23.2 Å². The first-order valence-electron chi connectivity index (χ1n) is 8.11. The molecule has 0 bridgehead atoms. The highest BCUT2D eigenvalue weighted by atomic mass is 35.5. The standard InChI is InChI=1S/C20H14Cl2N2O3/c1-3-24-19(25)14(11(2)16(10-23)20(24)26)9-13-5-7-18(27-13)15-8-12(21)4-6-17(15)22/h4-9H,3H2,1-2H3/b14-9+. The quantitative estimate of drug-likeness (QED) is 0.544. The summed E-state index contributed by atoms with van der Waals surface area (Å²) in [5, 5.41) is 10.3. The Kier molecular flexibility index (Phi) is 5.22. The molecule has 0 unspecified atom stereocenters. The van der Waals surface area contributed by atoms with Gasteiger partial charge in [-0.15, -0.1) is 0 Å². The van der Waals surface area contributed by atoms with E-state index in [0.717, 1.165) is 4.90 Å². The summed E-state index contributed by atoms with van der Waals surface area (Å²) in [6.07, 6.45) is 1.52. The number of carbonyl (C=O) groups is 2. The van der Waals surface area contributed by atoms with Crippen LogP contribution in [0.15, 0.2) is 51.5 Å². The zero-order chi connectivity index (χ0) is 19.7. The van der Waals surface area contributed by atoms with E-state index in [0.29, 0.717) is 32.7 Å². The van der Waals surface area contributed by atoms with Crippen LogP contribution in [0, 0.1) is 11.3 Å². The minimum atomic E-state index is -0.578. The zero-order valence-electron chi connectivity index (χ0n) is 14.5. The maximum atomic E-state index is 12.6. The number of amides is 2. The maximum absolute atomic E-state index is 12.6. The van der Waals surface area contributed by atoms with Gasteiger partial charge >= 0.3 is 0 Å². The van der Waals surface area contributed by atoms with Crippen LogP contribution < -0.4 is 0 Å². The second-order valence-electron chi connectivity index (χ2n) is 5.85. The van der Waals surface area contributed by atoms with E-state index in [9.17, 15) is 14.9 Å². The van der Waals surface area contributed by atoms with Crippen molar-refractivity contribution in [2.75, 3.05) is 6.54 Å². The molecule has 136 valence electrons. The molecule has 0 spiro atoms. The summed E-state index contributed by atoms with van der Waals surface area (Å²) in [5.74, 6) is -0.155. The summed E-state index contributed by atoms with van der Waals surface area (Å²) in [5.41, 5.74) is 1.15. The van der Waals surface area contributed by atoms with Crippen LogP contribution in [0.2, 0.25) is 10.0 Å². The van der Waals surface area contributed by atoms with Crippen LogP contribution in [-0.2, 0) is 9.59 Å². The largest absolute Gasteiger partial charge is 0.457 e. The van der Waals surface area contributed by atoms with Crippen molar-refractivity contribution in [1.82, 2.24) is 4.90 Å². The highest BCUT2D eigenvalue weighted by molar-refractivity contribution is 6.35. The van der Waals surface area contributed by atoms with Gasteiger partial charge in [-0.3, -0.25) is 14.5 Å². The fraction of sp³-hybridized carbons (Fsp3) is 0.150. The van der Waals surface area contributed by atoms with E-state index in [1.165, 1.54) is 6.08 Å². The highest BCUT2D eigenvalue weighted by Crippen LogP contribution is 2.33. The van der Waals surface area contributed by atoms with E-state index in [-0.39, 0.29) is 17.7 Å². The van der Waals surface area contributed by atoms with Crippen LogP contribution in [0.3, 0.4) is 0 Å². The average Bonchev–Trinajstić information content (AvgIpc) is 3.10. The Morgan fingerprint density at radius 1 is 1.19 bits per heavy atom. The van der Waals surface area contributed by atoms with E-state index in [4.69, 9.17) is 27.6 Å². The Balaban J connectivity index is 2.07. The van der Waals surface area contributed by atoms with Gasteiger partial charge < -0.3 is 4.42 Å². The summed E-state index contributed by atoms with van der Waals surface area (Å²) < 4.78 is 5.79. The van der Waals surface area contributed by atoms with E-state index in [1.807, 2.05) is 6.07 Å². The molecule has 2 heterocycles. The molecular weight excluding hydrogens is 387 g/mol. The number of halogens is 2. The second kappa shape index (κ2) is 7.43. The van der Waals surface area contributed by atoms with Crippen molar-refractivity contribution >= 4 is 41.1 Å². The van der Waals surface area contributed by atoms with Crippen LogP contribution in [0.1, 0.15) is 19.6 Å². The normalized spacial score (nSPS) is 16.3. The molecule has 0 N–H and O–H groups in total. The molecule has 0 aliphatic carbocycles. The minimum Gasteiger partial charge on any atom is -0.457 e. The molecule has 7 heteroatoms. The van der Waals surface area contributed by atoms with Gasteiger partial charge in [0.2, 0.25) is 0 Å². The third-order valence-electron chi connectivity index (χ3n) is 4.25. The lowest BCUT2D eigenvalue weighted by Crippen LogP contribution is -2.42. The molecule has 1 aromatic carbocycles. The number of nitrogens with zero attached hydrogens (tertiary/aromatic N) is 2. The van der Waals surface area contributed by atoms with E-state index in [2.05, 4.69) is 0 Å². The highest BCUT2D eigenvalue weighted by Gasteiger charge is 2.34. The van der Waals surface area contributed by atoms with Crippen molar-refractivity contribution in [3.05, 3.63) is 62.9 Å². The first-order chi connectivity index (χ1) is 12.9. The lowest BCUT2D eigenvalue weighted by Gasteiger charge is -2.25. The molecule has 0 atom stereocenters. The second-order valence-corrected chi connectivity index (χ2v) is 6.69. The lowest BCUT2D eigenvalue weighted by atomic mass is 9.95. The lowest BCUT2D eigenvalue weighted by molar-refractivity contribution is -0.140. The molecular formula is C20H14Cl2N2O3. The summed E-state index contributed by atoms with van der Waals surface area (Å²) >= 11 is 12.2. The fourth-order valence-electron chi connectivity index (χ4n) is 2.82. The molecule has 0 radical (unpaired) electrons. The van der Waals surface area contributed by atoms with Crippen LogP contribution in [0.5, 0.6) is 0 Å². The Labute approximate surface area is 166 Å². The maximum Gasteiger partial charge on any atom is 0.271 e. The van der Waals surface area contributed by atoms with Gasteiger partial charge in [0.25, 0.3) is 11.8 Å². The van der Waals surface area contributed by atoms with Gasteiger partial charge in [-0.05, 0) is 55.8 Å². The number of benzene rings is 1. The fourth-order valence-corrected chi connectivity index (χ4v) is 3.20. The topological polar surface area (TPSA) is 74.3 Å². The predicted molar refractivity (Wildman–Crippen MR) is 103 cm³/mol. The Morgan fingerprint density at radius 2 is 1.93 bits per heavy atom. The van der Waals surface area contributed by atoms with Crippen LogP contribution >= 0.6 is 23.2 Å². The predicted octanol–water partition coefficient (Wildman–Crippen LogP) is 4.87. The molecule has 0 saturated heterocycles. The van der Waals surface area contributed by atoms with Gasteiger partial charge in [0.1, 0.15) is 23.2 Å². The summed E-state index contributed by atoms with van der Waals surface area (Å²) in [7, 11) is 0. The first kappa shape index (κ1) is 19.0. The molecule has 0 saturated carbocycles. The Morgan fingerprint density at radius 3 is 2.59 bits per heavy atom. The minimum absolute atomic E-state index is 0.0487. The van der Waals surface area contributed by atoms with E-state index in [1.54, 1.807) is 44.2 Å². The Hall–Kier alpha value is -2.81. The number of furan rings is 1. The summed E-state index contributed by atoms with van der Waals surface area (Å²) in [6.45, 7) is 3.43. The molecule has 3 rings (SSSR count). The van der Waals surface area contributed by atoms with Crippen LogP contribution in [-0.4, -0.2) is 23.3 Å². The molecule has 27 heavy (non-hydrogen) atoms. The molecule has 2 amide bonds. The van der Waals surface area contributed by atoms with Crippen molar-refractivity contribution in [3.63, 3.8) is 0 Å². The number of carbonyl (C=O) groups excluding carboxylic acids is 2. The van der Waals surface area contributed by atoms with Crippen LogP contribution in [0.25, 0.3) is 17.4 Å². The van der Waals surface area contributed by atoms with Crippen molar-refractivity contribution in [2.24, 2.45) is 0 Å². The molecule has 5 nitrogen and oxygen atoms in total. The molecule has 1 aliphatic rings. The Bertz CT molecular complexity index is 1060. The van der Waals surface area contributed by atoms with Crippen molar-refractivity contribution in [1.29, 1.82) is 5.26 Å². The molecule has 1 aromatic heterocycles. The zero-order valence-corrected chi connectivity index (χ0v) is 16.1. The summed E-state index contributed by atoms with van der Waals surface area (Å²) in [4.78, 5) is 25.9. The van der Waals surface area contributed by atoms with Crippen molar-refractivity contribution < 1.29 is 14.0 Å². The number of likely N-dealkylation sites (N-methyl/N-ethyl adjacent to an activating group) is 1. The van der Waals surface area contributed by atoms with Crippen molar-refractivity contribution in [2.45, 2.75) is 13.8 Å². The van der Waals surface area contributed by atoms with Gasteiger partial charge in [-0.25, -0.2) is 0 Å². The smallest absolute Gasteiger partial charge is 0.271 e. The average molecular weight is 401 g/mol. The summed E-state index contributed by atoms with van der Waals surface area (Å²) in [6, 6.07) is 10.3. The number of rotatable bonds is 3. The van der Waals surface area contributed by atoms with Crippen LogP contribution in [0.4, 0.5) is 0 Å². The van der Waals surface area contributed by atoms with Crippen molar-refractivity contribution in [3.8, 4) is 17.4 Å². The molecule has 2 aromatic rings. The van der Waals surface area contributed by atoms with E-state index < -0.39 is 11.8 Å². The monoisotopic (exact) mass is 400 g/mol. The first-order valence-corrected chi connectivity index (χ1v) is 8.87. The van der Waals surface area contributed by atoms with Gasteiger partial charge in [0.05, 0.1) is 5.02 Å². The third-order valence-corrected chi connectivity index (χ3v) is 4.81. The molecule has 1 aliphatic heterocycles. The number of imide groups is 1. The third kappa shape index (κ3) is 3.42. The van der Waals surface area contributed by atoms with E-state index >= 15 is 0 Å². The van der Waals surface area contributed by atoms with Gasteiger partial charge in [0.15, 0.2) is 0 Å². The van der Waals surface area contributed by atoms with Gasteiger partial charge in [-0.2, -0.15) is 5.26 Å². The SMILES string of the molecule is CCN1C(=O)C(C#N)=C(C)/C(=C\c2ccc(-c3cc(Cl)ccc3Cl)o2)C1=O. The molecule has 0 fully saturated rings. The number of hydrogen-bond acceptors (Lipinski definition) is 4. The number of hydrogen-bond donors (Lipinski definition) is 0. The van der Waals surface area contributed by atoms with Gasteiger partial charge in [0, 0.05) is 22.7 Å².